The van der Waals surface area contributed by atoms with Gasteiger partial charge in [0.15, 0.2) is 0 Å². The number of hydrogen-bond donors (Lipinski definition) is 1. The summed E-state index contributed by atoms with van der Waals surface area (Å²) in [6.07, 6.45) is 0. The SMILES string of the molecule is COc1ccccc1N(C(=O)Cn1nnc2ccccc21)[C@@H](C(=O)NC(C)(C)C)c1ccccc1F. The van der Waals surface area contributed by atoms with E-state index in [1.807, 2.05) is 32.9 Å². The number of anilines is 1. The number of benzene rings is 3. The molecule has 0 aliphatic carbocycles. The molecule has 0 spiro atoms. The van der Waals surface area contributed by atoms with Crippen LogP contribution in [-0.2, 0) is 16.1 Å². The zero-order valence-corrected chi connectivity index (χ0v) is 20.6. The number of nitrogens with one attached hydrogen (secondary N) is 1. The molecule has 1 atom stereocenters. The fourth-order valence-electron chi connectivity index (χ4n) is 4.02. The summed E-state index contributed by atoms with van der Waals surface area (Å²) in [6, 6.07) is 18.7. The summed E-state index contributed by atoms with van der Waals surface area (Å²) < 4.78 is 22.1. The van der Waals surface area contributed by atoms with Crippen LogP contribution in [-0.4, -0.2) is 39.5 Å². The Bertz CT molecular complexity index is 1400. The first-order valence-corrected chi connectivity index (χ1v) is 11.5. The molecule has 36 heavy (non-hydrogen) atoms. The topological polar surface area (TPSA) is 89.3 Å². The molecule has 0 aliphatic heterocycles. The fraction of sp³-hybridized carbons (Fsp3) is 0.259. The number of para-hydroxylation sites is 3. The van der Waals surface area contributed by atoms with Gasteiger partial charge in [0.25, 0.3) is 0 Å². The number of fused-ring (bicyclic) bond motifs is 1. The van der Waals surface area contributed by atoms with E-state index in [9.17, 15) is 9.59 Å². The number of halogens is 1. The highest BCUT2D eigenvalue weighted by molar-refractivity contribution is 6.02. The van der Waals surface area contributed by atoms with Crippen molar-refractivity contribution in [2.45, 2.75) is 38.9 Å². The molecule has 3 aromatic carbocycles. The highest BCUT2D eigenvalue weighted by Crippen LogP contribution is 2.36. The molecule has 9 heteroatoms. The molecule has 0 radical (unpaired) electrons. The van der Waals surface area contributed by atoms with E-state index >= 15 is 4.39 Å². The van der Waals surface area contributed by atoms with E-state index in [-0.39, 0.29) is 12.1 Å². The summed E-state index contributed by atoms with van der Waals surface area (Å²) in [6.45, 7) is 5.23. The van der Waals surface area contributed by atoms with Crippen LogP contribution in [0.15, 0.2) is 72.8 Å². The van der Waals surface area contributed by atoms with Gasteiger partial charge in [-0.3, -0.25) is 14.5 Å². The van der Waals surface area contributed by atoms with Crippen LogP contribution in [0.4, 0.5) is 10.1 Å². The average Bonchev–Trinajstić information content (AvgIpc) is 3.24. The third kappa shape index (κ3) is 5.19. The molecule has 0 unspecified atom stereocenters. The van der Waals surface area contributed by atoms with E-state index in [4.69, 9.17) is 4.74 Å². The molecule has 4 aromatic rings. The van der Waals surface area contributed by atoms with E-state index in [1.54, 1.807) is 42.5 Å². The van der Waals surface area contributed by atoms with Gasteiger partial charge in [0, 0.05) is 11.1 Å². The van der Waals surface area contributed by atoms with Gasteiger partial charge in [0.2, 0.25) is 11.8 Å². The number of rotatable bonds is 7. The molecule has 1 heterocycles. The predicted molar refractivity (Wildman–Crippen MR) is 135 cm³/mol. The number of carbonyl (C=O) groups is 2. The molecule has 186 valence electrons. The maximum absolute atomic E-state index is 15.2. The molecule has 0 fully saturated rings. The first-order chi connectivity index (χ1) is 17.2. The average molecular weight is 490 g/mol. The maximum Gasteiger partial charge on any atom is 0.249 e. The third-order valence-electron chi connectivity index (χ3n) is 5.52. The number of aromatic nitrogens is 3. The normalized spacial score (nSPS) is 12.2. The number of hydrogen-bond acceptors (Lipinski definition) is 5. The van der Waals surface area contributed by atoms with E-state index < -0.39 is 29.2 Å². The van der Waals surface area contributed by atoms with Crippen LogP contribution in [0.3, 0.4) is 0 Å². The van der Waals surface area contributed by atoms with Gasteiger partial charge in [-0.2, -0.15) is 0 Å². The van der Waals surface area contributed by atoms with Gasteiger partial charge in [-0.1, -0.05) is 47.7 Å². The van der Waals surface area contributed by atoms with Crippen molar-refractivity contribution < 1.29 is 18.7 Å². The summed E-state index contributed by atoms with van der Waals surface area (Å²) in [4.78, 5) is 29.0. The first kappa shape index (κ1) is 24.8. The summed E-state index contributed by atoms with van der Waals surface area (Å²) in [7, 11) is 1.47. The van der Waals surface area contributed by atoms with Crippen molar-refractivity contribution >= 4 is 28.5 Å². The molecule has 0 saturated heterocycles. The van der Waals surface area contributed by atoms with Crippen molar-refractivity contribution in [3.05, 3.63) is 84.2 Å². The Kier molecular flexibility index (Phi) is 7.00. The number of ether oxygens (including phenoxy) is 1. The molecule has 8 nitrogen and oxygen atoms in total. The quantitative estimate of drug-likeness (QED) is 0.419. The van der Waals surface area contributed by atoms with Crippen LogP contribution in [0.1, 0.15) is 32.4 Å². The van der Waals surface area contributed by atoms with Crippen molar-refractivity contribution in [1.82, 2.24) is 20.3 Å². The van der Waals surface area contributed by atoms with Crippen LogP contribution in [0.25, 0.3) is 11.0 Å². The zero-order valence-electron chi connectivity index (χ0n) is 20.6. The molecular weight excluding hydrogens is 461 g/mol. The monoisotopic (exact) mass is 489 g/mol. The number of methoxy groups -OCH3 is 1. The zero-order chi connectivity index (χ0) is 25.9. The Morgan fingerprint density at radius 2 is 1.69 bits per heavy atom. The Morgan fingerprint density at radius 3 is 2.42 bits per heavy atom. The van der Waals surface area contributed by atoms with Gasteiger partial charge in [-0.05, 0) is 51.1 Å². The lowest BCUT2D eigenvalue weighted by Gasteiger charge is -2.34. The summed E-state index contributed by atoms with van der Waals surface area (Å²) in [5.41, 5.74) is 1.05. The lowest BCUT2D eigenvalue weighted by atomic mass is 10.00. The molecule has 0 bridgehead atoms. The molecule has 0 aliphatic rings. The predicted octanol–water partition coefficient (Wildman–Crippen LogP) is 4.27. The second kappa shape index (κ2) is 10.2. The fourth-order valence-corrected chi connectivity index (χ4v) is 4.02. The van der Waals surface area contributed by atoms with Crippen molar-refractivity contribution in [1.29, 1.82) is 0 Å². The van der Waals surface area contributed by atoms with Crippen LogP contribution in [0.2, 0.25) is 0 Å². The molecular formula is C27H28FN5O3. The lowest BCUT2D eigenvalue weighted by Crippen LogP contribution is -2.50. The Hall–Kier alpha value is -4.27. The third-order valence-corrected chi connectivity index (χ3v) is 5.52. The summed E-state index contributed by atoms with van der Waals surface area (Å²) in [5, 5.41) is 11.1. The number of carbonyl (C=O) groups excluding carboxylic acids is 2. The minimum Gasteiger partial charge on any atom is -0.495 e. The maximum atomic E-state index is 15.2. The van der Waals surface area contributed by atoms with Gasteiger partial charge < -0.3 is 10.1 Å². The molecule has 1 aromatic heterocycles. The van der Waals surface area contributed by atoms with Crippen LogP contribution < -0.4 is 15.0 Å². The molecule has 0 saturated carbocycles. The summed E-state index contributed by atoms with van der Waals surface area (Å²) in [5.74, 6) is -1.27. The van der Waals surface area contributed by atoms with E-state index in [2.05, 4.69) is 15.6 Å². The number of nitrogens with zero attached hydrogens (tertiary/aromatic N) is 4. The summed E-state index contributed by atoms with van der Waals surface area (Å²) >= 11 is 0. The van der Waals surface area contributed by atoms with Gasteiger partial charge in [-0.25, -0.2) is 9.07 Å². The lowest BCUT2D eigenvalue weighted by molar-refractivity contribution is -0.128. The van der Waals surface area contributed by atoms with Crippen molar-refractivity contribution in [3.8, 4) is 5.75 Å². The van der Waals surface area contributed by atoms with Gasteiger partial charge in [-0.15, -0.1) is 5.10 Å². The van der Waals surface area contributed by atoms with Gasteiger partial charge in [0.1, 0.15) is 29.7 Å². The largest absolute Gasteiger partial charge is 0.495 e. The van der Waals surface area contributed by atoms with Crippen LogP contribution >= 0.6 is 0 Å². The Labute approximate surface area is 208 Å². The second-order valence-electron chi connectivity index (χ2n) is 9.33. The van der Waals surface area contributed by atoms with E-state index in [0.717, 1.165) is 0 Å². The Morgan fingerprint density at radius 1 is 1.03 bits per heavy atom. The first-order valence-electron chi connectivity index (χ1n) is 11.5. The van der Waals surface area contributed by atoms with Gasteiger partial charge in [0.05, 0.1) is 18.3 Å². The highest BCUT2D eigenvalue weighted by atomic mass is 19.1. The molecule has 4 rings (SSSR count). The smallest absolute Gasteiger partial charge is 0.249 e. The standard InChI is InChI=1S/C27H28FN5O3/c1-27(2,3)29-26(35)25(18-11-5-6-12-19(18)28)33(22-15-9-10-16-23(22)36-4)24(34)17-32-21-14-8-7-13-20(21)30-31-32/h5-16,25H,17H2,1-4H3,(H,29,35)/t25-/m1/s1. The highest BCUT2D eigenvalue weighted by Gasteiger charge is 2.37. The molecule has 1 N–H and O–H groups in total. The minimum absolute atomic E-state index is 0.0574. The van der Waals surface area contributed by atoms with Crippen LogP contribution in [0, 0.1) is 5.82 Å². The van der Waals surface area contributed by atoms with E-state index in [0.29, 0.717) is 22.5 Å². The second-order valence-corrected chi connectivity index (χ2v) is 9.33. The van der Waals surface area contributed by atoms with Gasteiger partial charge >= 0.3 is 0 Å². The van der Waals surface area contributed by atoms with Crippen molar-refractivity contribution in [2.24, 2.45) is 0 Å². The van der Waals surface area contributed by atoms with Crippen molar-refractivity contribution in [2.75, 3.05) is 12.0 Å². The Balaban J connectivity index is 1.88. The number of amides is 2. The van der Waals surface area contributed by atoms with E-state index in [1.165, 1.54) is 34.9 Å². The minimum atomic E-state index is -1.32. The van der Waals surface area contributed by atoms with Crippen LogP contribution in [0.5, 0.6) is 5.75 Å². The van der Waals surface area contributed by atoms with Crippen molar-refractivity contribution in [3.63, 3.8) is 0 Å². The molecule has 2 amide bonds.